The lowest BCUT2D eigenvalue weighted by molar-refractivity contribution is -0.139. The third-order valence-electron chi connectivity index (χ3n) is 5.48. The van der Waals surface area contributed by atoms with Gasteiger partial charge >= 0.3 is 5.97 Å². The number of halogens is 1. The SMILES string of the molecule is CCN(CC(=O)O)C1CCN(C(C(=O)NC2CC2)c2ccc(F)cc2)CC1. The maximum absolute atomic E-state index is 13.3. The fourth-order valence-corrected chi connectivity index (χ4v) is 3.86. The summed E-state index contributed by atoms with van der Waals surface area (Å²) < 4.78 is 13.3. The van der Waals surface area contributed by atoms with Crippen molar-refractivity contribution in [3.63, 3.8) is 0 Å². The molecule has 7 heteroatoms. The molecule has 27 heavy (non-hydrogen) atoms. The predicted molar refractivity (Wildman–Crippen MR) is 99.8 cm³/mol. The Labute approximate surface area is 159 Å². The van der Waals surface area contributed by atoms with Crippen molar-refractivity contribution in [1.29, 1.82) is 0 Å². The van der Waals surface area contributed by atoms with Crippen LogP contribution in [0.3, 0.4) is 0 Å². The van der Waals surface area contributed by atoms with Crippen LogP contribution in [0.15, 0.2) is 24.3 Å². The quantitative estimate of drug-likeness (QED) is 0.725. The van der Waals surface area contributed by atoms with Crippen LogP contribution in [0.2, 0.25) is 0 Å². The number of carboxylic acids is 1. The van der Waals surface area contributed by atoms with E-state index in [1.54, 1.807) is 12.1 Å². The Balaban J connectivity index is 1.69. The van der Waals surface area contributed by atoms with E-state index in [1.165, 1.54) is 12.1 Å². The van der Waals surface area contributed by atoms with Crippen LogP contribution in [0.25, 0.3) is 0 Å². The number of benzene rings is 1. The zero-order valence-corrected chi connectivity index (χ0v) is 15.7. The predicted octanol–water partition coefficient (Wildman–Crippen LogP) is 2.02. The second-order valence-electron chi connectivity index (χ2n) is 7.46. The molecule has 0 aromatic heterocycles. The van der Waals surface area contributed by atoms with Crippen LogP contribution >= 0.6 is 0 Å². The number of carbonyl (C=O) groups excluding carboxylic acids is 1. The van der Waals surface area contributed by atoms with E-state index in [0.717, 1.165) is 31.2 Å². The molecule has 1 saturated carbocycles. The highest BCUT2D eigenvalue weighted by molar-refractivity contribution is 5.83. The summed E-state index contributed by atoms with van der Waals surface area (Å²) in [6.07, 6.45) is 3.67. The number of carboxylic acid groups (broad SMARTS) is 1. The molecule has 1 saturated heterocycles. The molecule has 1 aliphatic heterocycles. The van der Waals surface area contributed by atoms with Gasteiger partial charge in [-0.05, 0) is 49.9 Å². The molecule has 0 spiro atoms. The largest absolute Gasteiger partial charge is 0.480 e. The van der Waals surface area contributed by atoms with Crippen molar-refractivity contribution >= 4 is 11.9 Å². The summed E-state index contributed by atoms with van der Waals surface area (Å²) in [6, 6.07) is 6.20. The molecule has 2 N–H and O–H groups in total. The van der Waals surface area contributed by atoms with Gasteiger partial charge in [0.15, 0.2) is 0 Å². The van der Waals surface area contributed by atoms with Crippen LogP contribution < -0.4 is 5.32 Å². The van der Waals surface area contributed by atoms with Crippen molar-refractivity contribution in [3.8, 4) is 0 Å². The van der Waals surface area contributed by atoms with Gasteiger partial charge in [0.05, 0.1) is 6.54 Å². The van der Waals surface area contributed by atoms with Gasteiger partial charge in [-0.3, -0.25) is 19.4 Å². The Kier molecular flexibility index (Phi) is 6.44. The molecule has 6 nitrogen and oxygen atoms in total. The monoisotopic (exact) mass is 377 g/mol. The first-order valence-electron chi connectivity index (χ1n) is 9.73. The minimum absolute atomic E-state index is 0.0274. The molecule has 2 fully saturated rings. The van der Waals surface area contributed by atoms with Crippen molar-refractivity contribution in [1.82, 2.24) is 15.1 Å². The van der Waals surface area contributed by atoms with Gasteiger partial charge in [0.2, 0.25) is 5.91 Å². The van der Waals surface area contributed by atoms with Crippen LogP contribution in [-0.2, 0) is 9.59 Å². The highest BCUT2D eigenvalue weighted by Gasteiger charge is 2.35. The van der Waals surface area contributed by atoms with Crippen LogP contribution in [0, 0.1) is 5.82 Å². The molecule has 1 aromatic rings. The van der Waals surface area contributed by atoms with E-state index in [9.17, 15) is 14.0 Å². The molecule has 148 valence electrons. The van der Waals surface area contributed by atoms with E-state index in [1.807, 2.05) is 11.8 Å². The Bertz CT molecular complexity index is 655. The van der Waals surface area contributed by atoms with E-state index in [-0.39, 0.29) is 30.4 Å². The highest BCUT2D eigenvalue weighted by atomic mass is 19.1. The lowest BCUT2D eigenvalue weighted by Gasteiger charge is -2.40. The smallest absolute Gasteiger partial charge is 0.317 e. The second-order valence-corrected chi connectivity index (χ2v) is 7.46. The molecular formula is C20H28FN3O3. The number of likely N-dealkylation sites (N-methyl/N-ethyl adjacent to an activating group) is 1. The Morgan fingerprint density at radius 2 is 1.85 bits per heavy atom. The number of amides is 1. The zero-order valence-electron chi connectivity index (χ0n) is 15.7. The zero-order chi connectivity index (χ0) is 19.4. The summed E-state index contributed by atoms with van der Waals surface area (Å²) in [7, 11) is 0. The number of carbonyl (C=O) groups is 2. The molecule has 1 unspecified atom stereocenters. The van der Waals surface area contributed by atoms with Crippen LogP contribution in [-0.4, -0.2) is 65.0 Å². The highest BCUT2D eigenvalue weighted by Crippen LogP contribution is 2.28. The van der Waals surface area contributed by atoms with E-state index in [4.69, 9.17) is 5.11 Å². The van der Waals surface area contributed by atoms with Gasteiger partial charge in [-0.25, -0.2) is 4.39 Å². The number of hydrogen-bond acceptors (Lipinski definition) is 4. The van der Waals surface area contributed by atoms with E-state index in [0.29, 0.717) is 19.6 Å². The minimum Gasteiger partial charge on any atom is -0.480 e. The van der Waals surface area contributed by atoms with Gasteiger partial charge in [-0.15, -0.1) is 0 Å². The molecule has 1 aromatic carbocycles. The Hall–Kier alpha value is -1.99. The molecular weight excluding hydrogens is 349 g/mol. The minimum atomic E-state index is -0.813. The average molecular weight is 377 g/mol. The first-order chi connectivity index (χ1) is 13.0. The number of piperidine rings is 1. The third kappa shape index (κ3) is 5.26. The molecule has 1 heterocycles. The normalized spacial score (nSPS) is 19.8. The topological polar surface area (TPSA) is 72.9 Å². The number of nitrogens with zero attached hydrogens (tertiary/aromatic N) is 2. The van der Waals surface area contributed by atoms with Gasteiger partial charge < -0.3 is 10.4 Å². The first-order valence-corrected chi connectivity index (χ1v) is 9.73. The molecule has 2 aliphatic rings. The summed E-state index contributed by atoms with van der Waals surface area (Å²) >= 11 is 0. The van der Waals surface area contributed by atoms with Gasteiger partial charge in [-0.1, -0.05) is 19.1 Å². The van der Waals surface area contributed by atoms with Crippen molar-refractivity contribution in [2.45, 2.75) is 50.7 Å². The number of rotatable bonds is 8. The second kappa shape index (κ2) is 8.80. The van der Waals surface area contributed by atoms with Gasteiger partial charge in [0, 0.05) is 25.2 Å². The number of aliphatic carboxylic acids is 1. The van der Waals surface area contributed by atoms with E-state index in [2.05, 4.69) is 10.2 Å². The molecule has 1 aliphatic carbocycles. The molecule has 0 bridgehead atoms. The van der Waals surface area contributed by atoms with Crippen molar-refractivity contribution < 1.29 is 19.1 Å². The summed E-state index contributed by atoms with van der Waals surface area (Å²) in [6.45, 7) is 4.13. The summed E-state index contributed by atoms with van der Waals surface area (Å²) in [5.74, 6) is -1.15. The first kappa shape index (κ1) is 19.8. The van der Waals surface area contributed by atoms with Gasteiger partial charge in [0.1, 0.15) is 11.9 Å². The summed E-state index contributed by atoms with van der Waals surface area (Å²) in [5, 5.41) is 12.2. The average Bonchev–Trinajstić information content (AvgIpc) is 3.46. The third-order valence-corrected chi connectivity index (χ3v) is 5.48. The Morgan fingerprint density at radius 1 is 1.22 bits per heavy atom. The molecule has 3 rings (SSSR count). The van der Waals surface area contributed by atoms with Gasteiger partial charge in [-0.2, -0.15) is 0 Å². The lowest BCUT2D eigenvalue weighted by Crippen LogP contribution is -2.50. The number of hydrogen-bond donors (Lipinski definition) is 2. The molecule has 1 amide bonds. The molecule has 1 atom stereocenters. The fourth-order valence-electron chi connectivity index (χ4n) is 3.86. The fraction of sp³-hybridized carbons (Fsp3) is 0.600. The standard InChI is InChI=1S/C20H28FN3O3/c1-2-23(13-18(25)26)17-9-11-24(12-10-17)19(20(27)22-16-7-8-16)14-3-5-15(21)6-4-14/h3-6,16-17,19H,2,7-13H2,1H3,(H,22,27)(H,25,26). The van der Waals surface area contributed by atoms with Crippen molar-refractivity contribution in [2.75, 3.05) is 26.2 Å². The van der Waals surface area contributed by atoms with Gasteiger partial charge in [0.25, 0.3) is 0 Å². The Morgan fingerprint density at radius 3 is 2.37 bits per heavy atom. The van der Waals surface area contributed by atoms with E-state index < -0.39 is 12.0 Å². The van der Waals surface area contributed by atoms with Crippen molar-refractivity contribution in [2.24, 2.45) is 0 Å². The number of likely N-dealkylation sites (tertiary alicyclic amines) is 1. The van der Waals surface area contributed by atoms with Crippen LogP contribution in [0.1, 0.15) is 44.2 Å². The maximum atomic E-state index is 13.3. The number of nitrogens with one attached hydrogen (secondary N) is 1. The molecule has 0 radical (unpaired) electrons. The van der Waals surface area contributed by atoms with Crippen LogP contribution in [0.4, 0.5) is 4.39 Å². The summed E-state index contributed by atoms with van der Waals surface area (Å²) in [4.78, 5) is 28.0. The van der Waals surface area contributed by atoms with E-state index >= 15 is 0 Å². The maximum Gasteiger partial charge on any atom is 0.317 e. The van der Waals surface area contributed by atoms with Crippen LogP contribution in [0.5, 0.6) is 0 Å². The van der Waals surface area contributed by atoms with Crippen molar-refractivity contribution in [3.05, 3.63) is 35.6 Å². The summed E-state index contributed by atoms with van der Waals surface area (Å²) in [5.41, 5.74) is 0.797. The lowest BCUT2D eigenvalue weighted by atomic mass is 9.97.